The van der Waals surface area contributed by atoms with Crippen LogP contribution in [0, 0.1) is 6.92 Å². The van der Waals surface area contributed by atoms with Crippen LogP contribution in [-0.2, 0) is 0 Å². The van der Waals surface area contributed by atoms with Crippen molar-refractivity contribution >= 4 is 5.57 Å². The third-order valence-corrected chi connectivity index (χ3v) is 4.89. The zero-order valence-corrected chi connectivity index (χ0v) is 17.5. The highest BCUT2D eigenvalue weighted by Gasteiger charge is 2.13. The molecule has 1 heterocycles. The lowest BCUT2D eigenvalue weighted by Gasteiger charge is -2.11. The third-order valence-electron chi connectivity index (χ3n) is 4.89. The van der Waals surface area contributed by atoms with Crippen molar-refractivity contribution in [3.63, 3.8) is 0 Å². The summed E-state index contributed by atoms with van der Waals surface area (Å²) >= 11 is 0. The average molecular weight is 402 g/mol. The first-order valence-corrected chi connectivity index (χ1v) is 10.1. The van der Waals surface area contributed by atoms with Gasteiger partial charge in [0.15, 0.2) is 17.5 Å². The molecule has 0 amide bonds. The molecule has 0 saturated heterocycles. The van der Waals surface area contributed by atoms with Gasteiger partial charge < -0.3 is 0 Å². The first kappa shape index (κ1) is 20.2. The summed E-state index contributed by atoms with van der Waals surface area (Å²) in [7, 11) is 0. The summed E-state index contributed by atoms with van der Waals surface area (Å²) in [6.45, 7) is 9.80. The second-order valence-corrected chi connectivity index (χ2v) is 7.19. The van der Waals surface area contributed by atoms with Gasteiger partial charge in [-0.25, -0.2) is 15.0 Å². The average Bonchev–Trinajstić information content (AvgIpc) is 2.83. The monoisotopic (exact) mass is 401 g/mol. The van der Waals surface area contributed by atoms with Gasteiger partial charge in [0.05, 0.1) is 0 Å². The van der Waals surface area contributed by atoms with E-state index in [-0.39, 0.29) is 0 Å². The largest absolute Gasteiger partial charge is 0.208 e. The Morgan fingerprint density at radius 2 is 1.26 bits per heavy atom. The van der Waals surface area contributed by atoms with E-state index in [1.165, 1.54) is 0 Å². The molecule has 0 spiro atoms. The minimum Gasteiger partial charge on any atom is -0.208 e. The minimum absolute atomic E-state index is 0.571. The Labute approximate surface area is 183 Å². The Morgan fingerprint density at radius 3 is 1.87 bits per heavy atom. The van der Waals surface area contributed by atoms with Gasteiger partial charge in [0.2, 0.25) is 0 Å². The van der Waals surface area contributed by atoms with Crippen LogP contribution in [0.3, 0.4) is 0 Å². The zero-order chi connectivity index (χ0) is 21.6. The SMILES string of the molecule is C=C/C=C(\C=C)c1nc(-c2ccccc2)nc(-c2cc(C)cc(-c3ccccc3)c2)n1. The predicted molar refractivity (Wildman–Crippen MR) is 129 cm³/mol. The summed E-state index contributed by atoms with van der Waals surface area (Å²) in [5.74, 6) is 1.82. The molecule has 0 atom stereocenters. The van der Waals surface area contributed by atoms with Gasteiger partial charge in [-0.15, -0.1) is 0 Å². The molecule has 0 aliphatic rings. The van der Waals surface area contributed by atoms with Gasteiger partial charge in [0.25, 0.3) is 0 Å². The third kappa shape index (κ3) is 4.57. The minimum atomic E-state index is 0.571. The van der Waals surface area contributed by atoms with Crippen molar-refractivity contribution in [1.29, 1.82) is 0 Å². The van der Waals surface area contributed by atoms with Crippen LogP contribution in [0.2, 0.25) is 0 Å². The van der Waals surface area contributed by atoms with Crippen molar-refractivity contribution < 1.29 is 0 Å². The lowest BCUT2D eigenvalue weighted by molar-refractivity contribution is 1.04. The fourth-order valence-corrected chi connectivity index (χ4v) is 3.42. The molecule has 0 aliphatic carbocycles. The van der Waals surface area contributed by atoms with Crippen molar-refractivity contribution in [2.75, 3.05) is 0 Å². The molecule has 4 aromatic rings. The molecule has 150 valence electrons. The van der Waals surface area contributed by atoms with Crippen LogP contribution >= 0.6 is 0 Å². The number of nitrogens with zero attached hydrogens (tertiary/aromatic N) is 3. The van der Waals surface area contributed by atoms with Crippen LogP contribution in [0.5, 0.6) is 0 Å². The number of aromatic nitrogens is 3. The summed E-state index contributed by atoms with van der Waals surface area (Å²) in [6.07, 6.45) is 5.30. The van der Waals surface area contributed by atoms with Gasteiger partial charge in [-0.1, -0.05) is 98.1 Å². The maximum Gasteiger partial charge on any atom is 0.164 e. The highest BCUT2D eigenvalue weighted by Crippen LogP contribution is 2.28. The predicted octanol–water partition coefficient (Wildman–Crippen LogP) is 6.94. The first-order chi connectivity index (χ1) is 15.2. The second kappa shape index (κ2) is 9.14. The van der Waals surface area contributed by atoms with Crippen LogP contribution in [-0.4, -0.2) is 15.0 Å². The normalized spacial score (nSPS) is 11.2. The maximum absolute atomic E-state index is 4.82. The summed E-state index contributed by atoms with van der Waals surface area (Å²) in [5, 5.41) is 0. The van der Waals surface area contributed by atoms with E-state index in [1.54, 1.807) is 12.2 Å². The van der Waals surface area contributed by atoms with Gasteiger partial charge in [-0.3, -0.25) is 0 Å². The smallest absolute Gasteiger partial charge is 0.164 e. The molecular formula is C28H23N3. The summed E-state index contributed by atoms with van der Waals surface area (Å²) < 4.78 is 0. The standard InChI is InChI=1S/C28H23N3/c1-4-12-21(5-2)26-29-27(23-15-10-7-11-16-23)31-28(30-26)25-18-20(3)17-24(19-25)22-13-8-6-9-14-22/h4-19H,1-2H2,3H3/b21-12+. The quantitative estimate of drug-likeness (QED) is 0.329. The Hall–Kier alpha value is -4.11. The molecule has 3 heteroatoms. The van der Waals surface area contributed by atoms with Crippen molar-refractivity contribution in [1.82, 2.24) is 15.0 Å². The Balaban J connectivity index is 1.92. The van der Waals surface area contributed by atoms with Crippen molar-refractivity contribution in [3.8, 4) is 33.9 Å². The van der Waals surface area contributed by atoms with E-state index in [9.17, 15) is 0 Å². The molecule has 0 bridgehead atoms. The number of allylic oxidation sites excluding steroid dienone is 4. The molecule has 0 saturated carbocycles. The molecule has 3 aromatic carbocycles. The molecule has 1 aromatic heterocycles. The van der Waals surface area contributed by atoms with E-state index >= 15 is 0 Å². The number of hydrogen-bond donors (Lipinski definition) is 0. The molecule has 0 radical (unpaired) electrons. The van der Waals surface area contributed by atoms with E-state index < -0.39 is 0 Å². The molecule has 0 N–H and O–H groups in total. The lowest BCUT2D eigenvalue weighted by atomic mass is 10.00. The van der Waals surface area contributed by atoms with E-state index in [0.29, 0.717) is 17.5 Å². The molecule has 3 nitrogen and oxygen atoms in total. The molecule has 0 aliphatic heterocycles. The van der Waals surface area contributed by atoms with Crippen molar-refractivity contribution in [3.05, 3.63) is 122 Å². The fourth-order valence-electron chi connectivity index (χ4n) is 3.42. The number of benzene rings is 3. The summed E-state index contributed by atoms with van der Waals surface area (Å²) in [5.41, 5.74) is 6.11. The van der Waals surface area contributed by atoms with Gasteiger partial charge in [-0.2, -0.15) is 0 Å². The van der Waals surface area contributed by atoms with E-state index in [4.69, 9.17) is 15.0 Å². The fraction of sp³-hybridized carbons (Fsp3) is 0.0357. The molecule has 0 unspecified atom stereocenters. The number of rotatable bonds is 6. The topological polar surface area (TPSA) is 38.7 Å². The van der Waals surface area contributed by atoms with Crippen LogP contribution in [0.15, 0.2) is 110 Å². The number of aryl methyl sites for hydroxylation is 1. The van der Waals surface area contributed by atoms with Crippen LogP contribution in [0.25, 0.3) is 39.5 Å². The highest BCUT2D eigenvalue weighted by molar-refractivity contribution is 5.75. The Bertz CT molecular complexity index is 1260. The zero-order valence-electron chi connectivity index (χ0n) is 17.5. The van der Waals surface area contributed by atoms with Crippen LogP contribution < -0.4 is 0 Å². The summed E-state index contributed by atoms with van der Waals surface area (Å²) in [4.78, 5) is 14.3. The van der Waals surface area contributed by atoms with Crippen LogP contribution in [0.4, 0.5) is 0 Å². The first-order valence-electron chi connectivity index (χ1n) is 10.1. The lowest BCUT2D eigenvalue weighted by Crippen LogP contribution is -2.02. The van der Waals surface area contributed by atoms with Gasteiger partial charge >= 0.3 is 0 Å². The maximum atomic E-state index is 4.82. The molecule has 0 fully saturated rings. The van der Waals surface area contributed by atoms with Gasteiger partial charge in [0, 0.05) is 16.7 Å². The highest BCUT2D eigenvalue weighted by atomic mass is 15.0. The van der Waals surface area contributed by atoms with Crippen molar-refractivity contribution in [2.24, 2.45) is 0 Å². The van der Waals surface area contributed by atoms with Crippen LogP contribution in [0.1, 0.15) is 11.4 Å². The molecule has 31 heavy (non-hydrogen) atoms. The Kier molecular flexibility index (Phi) is 5.95. The Morgan fingerprint density at radius 1 is 0.677 bits per heavy atom. The number of hydrogen-bond acceptors (Lipinski definition) is 3. The van der Waals surface area contributed by atoms with Gasteiger partial charge in [-0.05, 0) is 35.7 Å². The molecular weight excluding hydrogens is 378 g/mol. The van der Waals surface area contributed by atoms with E-state index in [2.05, 4.69) is 50.4 Å². The second-order valence-electron chi connectivity index (χ2n) is 7.19. The molecule has 4 rings (SSSR count). The summed E-state index contributed by atoms with van der Waals surface area (Å²) in [6, 6.07) is 26.7. The van der Waals surface area contributed by atoms with E-state index in [1.807, 2.05) is 54.6 Å². The van der Waals surface area contributed by atoms with Gasteiger partial charge in [0.1, 0.15) is 0 Å². The van der Waals surface area contributed by atoms with E-state index in [0.717, 1.165) is 33.4 Å². The van der Waals surface area contributed by atoms with Crippen molar-refractivity contribution in [2.45, 2.75) is 6.92 Å².